The van der Waals surface area contributed by atoms with E-state index in [-0.39, 0.29) is 0 Å². The van der Waals surface area contributed by atoms with Crippen molar-refractivity contribution in [3.05, 3.63) is 200 Å². The highest BCUT2D eigenvalue weighted by Crippen LogP contribution is 2.50. The first kappa shape index (κ1) is 31.6. The third-order valence-corrected chi connectivity index (χ3v) is 12.1. The van der Waals surface area contributed by atoms with Crippen molar-refractivity contribution in [3.63, 3.8) is 0 Å². The number of rotatable bonds is 6. The number of furan rings is 1. The molecular formula is C52H33NOS. The van der Waals surface area contributed by atoms with E-state index in [0.717, 1.165) is 39.0 Å². The molecule has 2 heterocycles. The molecule has 3 heteroatoms. The zero-order valence-corrected chi connectivity index (χ0v) is 30.6. The van der Waals surface area contributed by atoms with Crippen LogP contribution in [0.1, 0.15) is 0 Å². The Labute approximate surface area is 322 Å². The fraction of sp³-hybridized carbons (Fsp3) is 0. The largest absolute Gasteiger partial charge is 0.456 e. The lowest BCUT2D eigenvalue weighted by Crippen LogP contribution is -2.10. The number of thiophene rings is 1. The second-order valence-corrected chi connectivity index (χ2v) is 15.1. The molecule has 55 heavy (non-hydrogen) atoms. The van der Waals surface area contributed by atoms with Crippen molar-refractivity contribution in [2.45, 2.75) is 0 Å². The molecule has 0 fully saturated rings. The highest BCUT2D eigenvalue weighted by atomic mass is 32.1. The summed E-state index contributed by atoms with van der Waals surface area (Å²) in [5, 5.41) is 7.25. The van der Waals surface area contributed by atoms with Crippen molar-refractivity contribution in [2.24, 2.45) is 0 Å². The van der Waals surface area contributed by atoms with Gasteiger partial charge in [-0.1, -0.05) is 152 Å². The van der Waals surface area contributed by atoms with Crippen LogP contribution in [0.15, 0.2) is 205 Å². The molecule has 11 rings (SSSR count). The van der Waals surface area contributed by atoms with Gasteiger partial charge in [0, 0.05) is 37.6 Å². The van der Waals surface area contributed by atoms with Gasteiger partial charge in [-0.05, 0) is 92.7 Å². The molecule has 0 bridgehead atoms. The average Bonchev–Trinajstić information content (AvgIpc) is 3.84. The van der Waals surface area contributed by atoms with Gasteiger partial charge in [-0.3, -0.25) is 0 Å². The minimum Gasteiger partial charge on any atom is -0.456 e. The molecule has 0 saturated carbocycles. The number of para-hydroxylation sites is 1. The highest BCUT2D eigenvalue weighted by molar-refractivity contribution is 7.27. The summed E-state index contributed by atoms with van der Waals surface area (Å²) in [6.07, 6.45) is 0. The van der Waals surface area contributed by atoms with E-state index >= 15 is 0 Å². The standard InChI is InChI=1S/C52H33NOS/c1-3-13-36(14-4-1)42-29-30-47(52-50(42)45-20-11-19-43(51(45)55-52)37-15-5-2-6-16-37)53(41-28-31-49-46(33-41)44-18-9-10-21-48(44)54-49)40-26-24-35(25-27-40)39-23-22-34-12-7-8-17-38(34)32-39/h1-33H. The SMILES string of the molecule is c1ccc(-c2cccc3c2sc2c(N(c4ccc(-c5ccc6ccccc6c5)cc4)c4ccc5oc6ccccc6c5c4)ccc(-c4ccccc4)c23)cc1. The number of hydrogen-bond donors (Lipinski definition) is 0. The maximum Gasteiger partial charge on any atom is 0.135 e. The predicted molar refractivity (Wildman–Crippen MR) is 235 cm³/mol. The molecule has 0 aliphatic heterocycles. The molecule has 0 aliphatic rings. The fourth-order valence-corrected chi connectivity index (χ4v) is 9.59. The van der Waals surface area contributed by atoms with Crippen molar-refractivity contribution in [1.82, 2.24) is 0 Å². The van der Waals surface area contributed by atoms with Crippen LogP contribution in [0.3, 0.4) is 0 Å². The second kappa shape index (κ2) is 12.9. The number of anilines is 3. The summed E-state index contributed by atoms with van der Waals surface area (Å²) in [4.78, 5) is 2.43. The van der Waals surface area contributed by atoms with E-state index in [1.54, 1.807) is 0 Å². The lowest BCUT2D eigenvalue weighted by molar-refractivity contribution is 0.669. The first-order valence-electron chi connectivity index (χ1n) is 18.7. The lowest BCUT2D eigenvalue weighted by atomic mass is 9.96. The van der Waals surface area contributed by atoms with Crippen LogP contribution in [-0.2, 0) is 0 Å². The van der Waals surface area contributed by atoms with Gasteiger partial charge < -0.3 is 9.32 Å². The monoisotopic (exact) mass is 719 g/mol. The molecule has 0 aliphatic carbocycles. The molecule has 11 aromatic rings. The maximum absolute atomic E-state index is 6.31. The van der Waals surface area contributed by atoms with Crippen LogP contribution in [0.4, 0.5) is 17.1 Å². The smallest absolute Gasteiger partial charge is 0.135 e. The van der Waals surface area contributed by atoms with Crippen molar-refractivity contribution in [3.8, 4) is 33.4 Å². The molecule has 0 atom stereocenters. The minimum absolute atomic E-state index is 0.885. The van der Waals surface area contributed by atoms with Crippen LogP contribution >= 0.6 is 11.3 Å². The number of hydrogen-bond acceptors (Lipinski definition) is 3. The Kier molecular flexibility index (Phi) is 7.39. The third-order valence-electron chi connectivity index (χ3n) is 10.9. The highest BCUT2D eigenvalue weighted by Gasteiger charge is 2.23. The van der Waals surface area contributed by atoms with Crippen molar-refractivity contribution in [1.29, 1.82) is 0 Å². The van der Waals surface area contributed by atoms with Crippen molar-refractivity contribution >= 4 is 81.3 Å². The first-order chi connectivity index (χ1) is 27.3. The van der Waals surface area contributed by atoms with Gasteiger partial charge in [0.2, 0.25) is 0 Å². The van der Waals surface area contributed by atoms with E-state index in [9.17, 15) is 0 Å². The van der Waals surface area contributed by atoms with Gasteiger partial charge in [-0.15, -0.1) is 11.3 Å². The van der Waals surface area contributed by atoms with Crippen LogP contribution in [0.25, 0.3) is 86.3 Å². The molecule has 0 unspecified atom stereocenters. The normalized spacial score (nSPS) is 11.6. The van der Waals surface area contributed by atoms with Gasteiger partial charge in [0.1, 0.15) is 11.2 Å². The average molecular weight is 720 g/mol. The van der Waals surface area contributed by atoms with Gasteiger partial charge >= 0.3 is 0 Å². The summed E-state index contributed by atoms with van der Waals surface area (Å²) in [7, 11) is 0. The van der Waals surface area contributed by atoms with E-state index in [4.69, 9.17) is 4.42 Å². The fourth-order valence-electron chi connectivity index (χ4n) is 8.22. The van der Waals surface area contributed by atoms with Crippen LogP contribution in [-0.4, -0.2) is 0 Å². The molecule has 2 aromatic heterocycles. The van der Waals surface area contributed by atoms with Gasteiger partial charge in [0.25, 0.3) is 0 Å². The van der Waals surface area contributed by atoms with E-state index in [0.29, 0.717) is 0 Å². The summed E-state index contributed by atoms with van der Waals surface area (Å²) in [5.74, 6) is 0. The van der Waals surface area contributed by atoms with Gasteiger partial charge in [-0.2, -0.15) is 0 Å². The van der Waals surface area contributed by atoms with Gasteiger partial charge in [0.05, 0.1) is 10.4 Å². The molecule has 0 amide bonds. The van der Waals surface area contributed by atoms with E-state index in [2.05, 4.69) is 193 Å². The summed E-state index contributed by atoms with van der Waals surface area (Å²) in [5.41, 5.74) is 12.4. The molecule has 2 nitrogen and oxygen atoms in total. The van der Waals surface area contributed by atoms with Crippen LogP contribution in [0.5, 0.6) is 0 Å². The van der Waals surface area contributed by atoms with Crippen LogP contribution < -0.4 is 4.90 Å². The topological polar surface area (TPSA) is 16.4 Å². The minimum atomic E-state index is 0.885. The summed E-state index contributed by atoms with van der Waals surface area (Å²) in [6, 6.07) is 72.2. The first-order valence-corrected chi connectivity index (χ1v) is 19.5. The van der Waals surface area contributed by atoms with E-state index in [1.807, 2.05) is 23.5 Å². The van der Waals surface area contributed by atoms with Crippen LogP contribution in [0.2, 0.25) is 0 Å². The summed E-state index contributed by atoms with van der Waals surface area (Å²) in [6.45, 7) is 0. The quantitative estimate of drug-likeness (QED) is 0.170. The lowest BCUT2D eigenvalue weighted by Gasteiger charge is -2.27. The predicted octanol–water partition coefficient (Wildman–Crippen LogP) is 15.6. The molecule has 0 spiro atoms. The Bertz CT molecular complexity index is 3190. The van der Waals surface area contributed by atoms with Gasteiger partial charge in [0.15, 0.2) is 0 Å². The van der Waals surface area contributed by atoms with Crippen molar-refractivity contribution in [2.75, 3.05) is 4.90 Å². The number of nitrogens with zero attached hydrogens (tertiary/aromatic N) is 1. The van der Waals surface area contributed by atoms with Crippen molar-refractivity contribution < 1.29 is 4.42 Å². The Hall–Kier alpha value is -6.94. The molecule has 0 saturated heterocycles. The maximum atomic E-state index is 6.31. The Balaban J connectivity index is 1.17. The molecule has 0 radical (unpaired) electrons. The molecular weight excluding hydrogens is 687 g/mol. The Morgan fingerprint density at radius 3 is 1.84 bits per heavy atom. The summed E-state index contributed by atoms with van der Waals surface area (Å²) < 4.78 is 8.84. The molecule has 9 aromatic carbocycles. The number of benzene rings is 9. The zero-order valence-electron chi connectivity index (χ0n) is 29.8. The third kappa shape index (κ3) is 5.32. The molecule has 258 valence electrons. The molecule has 0 N–H and O–H groups in total. The Morgan fingerprint density at radius 2 is 1.02 bits per heavy atom. The number of fused-ring (bicyclic) bond motifs is 7. The second-order valence-electron chi connectivity index (χ2n) is 14.1. The van der Waals surface area contributed by atoms with E-state index in [1.165, 1.54) is 64.3 Å². The van der Waals surface area contributed by atoms with Gasteiger partial charge in [-0.25, -0.2) is 0 Å². The van der Waals surface area contributed by atoms with E-state index < -0.39 is 0 Å². The van der Waals surface area contributed by atoms with Crippen LogP contribution in [0, 0.1) is 0 Å². The Morgan fingerprint density at radius 1 is 0.364 bits per heavy atom. The zero-order chi connectivity index (χ0) is 36.3. The summed E-state index contributed by atoms with van der Waals surface area (Å²) >= 11 is 1.89.